The predicted molar refractivity (Wildman–Crippen MR) is 55.2 cm³/mol. The number of aryl methyl sites for hydroxylation is 1. The lowest BCUT2D eigenvalue weighted by molar-refractivity contribution is 0.388. The summed E-state index contributed by atoms with van der Waals surface area (Å²) in [4.78, 5) is 8.22. The molecular weight excluding hydrogens is 192 g/mol. The van der Waals surface area contributed by atoms with E-state index in [0.717, 1.165) is 23.7 Å². The molecule has 0 amide bonds. The molecular formula is C10H12N4O. The molecule has 0 aliphatic carbocycles. The summed E-state index contributed by atoms with van der Waals surface area (Å²) < 4.78 is 4.96. The Balaban J connectivity index is 1.98. The van der Waals surface area contributed by atoms with Gasteiger partial charge in [-0.25, -0.2) is 9.97 Å². The second-order valence-electron chi connectivity index (χ2n) is 3.08. The van der Waals surface area contributed by atoms with Crippen molar-refractivity contribution in [3.8, 4) is 0 Å². The Bertz CT molecular complexity index is 413. The molecule has 15 heavy (non-hydrogen) atoms. The van der Waals surface area contributed by atoms with Gasteiger partial charge in [0, 0.05) is 17.8 Å². The highest BCUT2D eigenvalue weighted by molar-refractivity contribution is 5.34. The van der Waals surface area contributed by atoms with Crippen LogP contribution in [0.25, 0.3) is 0 Å². The van der Waals surface area contributed by atoms with Crippen LogP contribution in [0, 0.1) is 0 Å². The van der Waals surface area contributed by atoms with Crippen LogP contribution >= 0.6 is 0 Å². The zero-order valence-corrected chi connectivity index (χ0v) is 8.47. The van der Waals surface area contributed by atoms with Crippen molar-refractivity contribution in [1.29, 1.82) is 0 Å². The quantitative estimate of drug-likeness (QED) is 0.820. The molecule has 0 saturated carbocycles. The SMILES string of the molecule is CCc1cc(NCc2ccno2)ncn1. The number of hydrogen-bond acceptors (Lipinski definition) is 5. The smallest absolute Gasteiger partial charge is 0.155 e. The average molecular weight is 204 g/mol. The van der Waals surface area contributed by atoms with E-state index in [1.165, 1.54) is 0 Å². The Hall–Kier alpha value is -1.91. The lowest BCUT2D eigenvalue weighted by Crippen LogP contribution is -2.01. The minimum absolute atomic E-state index is 0.583. The van der Waals surface area contributed by atoms with Crippen LogP contribution in [0.3, 0.4) is 0 Å². The van der Waals surface area contributed by atoms with Crippen molar-refractivity contribution in [2.75, 3.05) is 5.32 Å². The maximum absolute atomic E-state index is 4.96. The summed E-state index contributed by atoms with van der Waals surface area (Å²) in [5.74, 6) is 1.59. The maximum atomic E-state index is 4.96. The Morgan fingerprint density at radius 2 is 2.33 bits per heavy atom. The van der Waals surface area contributed by atoms with E-state index in [1.807, 2.05) is 12.1 Å². The third-order valence-corrected chi connectivity index (χ3v) is 2.02. The first-order valence-corrected chi connectivity index (χ1v) is 4.83. The molecule has 1 N–H and O–H groups in total. The van der Waals surface area contributed by atoms with E-state index in [1.54, 1.807) is 12.5 Å². The second-order valence-corrected chi connectivity index (χ2v) is 3.08. The summed E-state index contributed by atoms with van der Waals surface area (Å²) in [6, 6.07) is 3.74. The van der Waals surface area contributed by atoms with Crippen molar-refractivity contribution >= 4 is 5.82 Å². The lowest BCUT2D eigenvalue weighted by atomic mass is 10.3. The number of nitrogens with one attached hydrogen (secondary N) is 1. The predicted octanol–water partition coefficient (Wildman–Crippen LogP) is 1.64. The van der Waals surface area contributed by atoms with Crippen LogP contribution in [0.1, 0.15) is 18.4 Å². The Kier molecular flexibility index (Phi) is 2.92. The van der Waals surface area contributed by atoms with Gasteiger partial charge in [-0.2, -0.15) is 0 Å². The van der Waals surface area contributed by atoms with Crippen LogP contribution in [-0.4, -0.2) is 15.1 Å². The van der Waals surface area contributed by atoms with E-state index in [0.29, 0.717) is 6.54 Å². The number of rotatable bonds is 4. The summed E-state index contributed by atoms with van der Waals surface area (Å²) in [5.41, 5.74) is 1.02. The van der Waals surface area contributed by atoms with Gasteiger partial charge in [-0.3, -0.25) is 0 Å². The average Bonchev–Trinajstić information content (AvgIpc) is 2.79. The standard InChI is InChI=1S/C10H12N4O/c1-2-8-5-10(13-7-12-8)11-6-9-3-4-14-15-9/h3-5,7H,2,6H2,1H3,(H,11,12,13). The highest BCUT2D eigenvalue weighted by Gasteiger charge is 1.99. The molecule has 2 heterocycles. The van der Waals surface area contributed by atoms with E-state index >= 15 is 0 Å². The molecule has 2 aromatic heterocycles. The zero-order chi connectivity index (χ0) is 10.5. The van der Waals surface area contributed by atoms with Crippen molar-refractivity contribution in [1.82, 2.24) is 15.1 Å². The van der Waals surface area contributed by atoms with Crippen molar-refractivity contribution < 1.29 is 4.52 Å². The molecule has 5 heteroatoms. The van der Waals surface area contributed by atoms with Gasteiger partial charge in [0.05, 0.1) is 12.7 Å². The summed E-state index contributed by atoms with van der Waals surface area (Å²) in [7, 11) is 0. The molecule has 0 spiro atoms. The van der Waals surface area contributed by atoms with E-state index < -0.39 is 0 Å². The van der Waals surface area contributed by atoms with Gasteiger partial charge < -0.3 is 9.84 Å². The number of anilines is 1. The van der Waals surface area contributed by atoms with Crippen LogP contribution in [0.2, 0.25) is 0 Å². The largest absolute Gasteiger partial charge is 0.363 e. The van der Waals surface area contributed by atoms with Crippen LogP contribution in [0.15, 0.2) is 29.2 Å². The summed E-state index contributed by atoms with van der Waals surface area (Å²) in [6.07, 6.45) is 4.08. The van der Waals surface area contributed by atoms with E-state index in [4.69, 9.17) is 4.52 Å². The highest BCUT2D eigenvalue weighted by Crippen LogP contribution is 2.06. The molecule has 0 unspecified atom stereocenters. The zero-order valence-electron chi connectivity index (χ0n) is 8.47. The fourth-order valence-corrected chi connectivity index (χ4v) is 1.20. The number of nitrogens with zero attached hydrogens (tertiary/aromatic N) is 3. The molecule has 0 aromatic carbocycles. The van der Waals surface area contributed by atoms with E-state index in [2.05, 4.69) is 27.4 Å². The summed E-state index contributed by atoms with van der Waals surface area (Å²) in [6.45, 7) is 2.64. The molecule has 0 radical (unpaired) electrons. The second kappa shape index (κ2) is 4.54. The Labute approximate surface area is 87.5 Å². The topological polar surface area (TPSA) is 63.8 Å². The van der Waals surface area contributed by atoms with E-state index in [-0.39, 0.29) is 0 Å². The molecule has 0 saturated heterocycles. The van der Waals surface area contributed by atoms with Gasteiger partial charge in [-0.15, -0.1) is 0 Å². The molecule has 0 fully saturated rings. The van der Waals surface area contributed by atoms with Gasteiger partial charge in [0.25, 0.3) is 0 Å². The lowest BCUT2D eigenvalue weighted by Gasteiger charge is -2.03. The van der Waals surface area contributed by atoms with Crippen molar-refractivity contribution in [3.63, 3.8) is 0 Å². The molecule has 2 rings (SSSR count). The highest BCUT2D eigenvalue weighted by atomic mass is 16.5. The van der Waals surface area contributed by atoms with Crippen LogP contribution in [0.5, 0.6) is 0 Å². The third kappa shape index (κ3) is 2.52. The number of hydrogen-bond donors (Lipinski definition) is 1. The maximum Gasteiger partial charge on any atom is 0.155 e. The minimum Gasteiger partial charge on any atom is -0.363 e. The first-order valence-electron chi connectivity index (χ1n) is 4.83. The normalized spacial score (nSPS) is 10.2. The fourth-order valence-electron chi connectivity index (χ4n) is 1.20. The molecule has 2 aromatic rings. The molecule has 5 nitrogen and oxygen atoms in total. The first kappa shape index (κ1) is 9.64. The summed E-state index contributed by atoms with van der Waals surface area (Å²) in [5, 5.41) is 6.76. The monoisotopic (exact) mass is 204 g/mol. The Morgan fingerprint density at radius 1 is 1.40 bits per heavy atom. The first-order chi connectivity index (χ1) is 7.38. The van der Waals surface area contributed by atoms with Crippen LogP contribution in [0.4, 0.5) is 5.82 Å². The molecule has 0 aliphatic rings. The van der Waals surface area contributed by atoms with Crippen LogP contribution in [-0.2, 0) is 13.0 Å². The van der Waals surface area contributed by atoms with Crippen molar-refractivity contribution in [3.05, 3.63) is 36.1 Å². The fraction of sp³-hybridized carbons (Fsp3) is 0.300. The minimum atomic E-state index is 0.583. The summed E-state index contributed by atoms with van der Waals surface area (Å²) >= 11 is 0. The van der Waals surface area contributed by atoms with Gasteiger partial charge in [0.2, 0.25) is 0 Å². The number of aromatic nitrogens is 3. The molecule has 0 atom stereocenters. The molecule has 0 bridgehead atoms. The molecule has 0 aliphatic heterocycles. The van der Waals surface area contributed by atoms with Gasteiger partial charge >= 0.3 is 0 Å². The van der Waals surface area contributed by atoms with Gasteiger partial charge in [-0.05, 0) is 6.42 Å². The Morgan fingerprint density at radius 3 is 3.07 bits per heavy atom. The van der Waals surface area contributed by atoms with Gasteiger partial charge in [-0.1, -0.05) is 12.1 Å². The van der Waals surface area contributed by atoms with Crippen molar-refractivity contribution in [2.45, 2.75) is 19.9 Å². The van der Waals surface area contributed by atoms with Crippen LogP contribution < -0.4 is 5.32 Å². The van der Waals surface area contributed by atoms with Gasteiger partial charge in [0.1, 0.15) is 12.1 Å². The molecule has 78 valence electrons. The van der Waals surface area contributed by atoms with E-state index in [9.17, 15) is 0 Å². The van der Waals surface area contributed by atoms with Crippen molar-refractivity contribution in [2.24, 2.45) is 0 Å². The third-order valence-electron chi connectivity index (χ3n) is 2.02. The van der Waals surface area contributed by atoms with Gasteiger partial charge in [0.15, 0.2) is 5.76 Å².